The highest BCUT2D eigenvalue weighted by Gasteiger charge is 2.34. The molecule has 1 aliphatic heterocycles. The molecule has 1 aromatic heterocycles. The first-order valence-corrected chi connectivity index (χ1v) is 13.2. The van der Waals surface area contributed by atoms with E-state index in [2.05, 4.69) is 21.2 Å². The normalized spacial score (nSPS) is 25.1. The molecule has 0 spiro atoms. The number of hydrogen-bond donors (Lipinski definition) is 2. The van der Waals surface area contributed by atoms with Gasteiger partial charge in [-0.05, 0) is 51.2 Å². The monoisotopic (exact) mass is 462 g/mol. The molecule has 1 saturated carbocycles. The van der Waals surface area contributed by atoms with E-state index >= 15 is 0 Å². The van der Waals surface area contributed by atoms with E-state index in [0.717, 1.165) is 24.1 Å². The van der Waals surface area contributed by atoms with Crippen LogP contribution in [0.15, 0.2) is 35.4 Å². The predicted molar refractivity (Wildman–Crippen MR) is 121 cm³/mol. The van der Waals surface area contributed by atoms with E-state index in [1.165, 1.54) is 32.1 Å². The van der Waals surface area contributed by atoms with Crippen LogP contribution in [-0.2, 0) is 21.3 Å². The SMILES string of the molecule is Cc1ccc(S(=O)(=O)N[C@H]2CC[C@@H](CCn3cc(C4CCCCC4)nn3)O[C@@H]2CO)cc1. The van der Waals surface area contributed by atoms with E-state index in [4.69, 9.17) is 4.74 Å². The van der Waals surface area contributed by atoms with Crippen LogP contribution in [0.4, 0.5) is 0 Å². The van der Waals surface area contributed by atoms with Crippen molar-refractivity contribution in [2.24, 2.45) is 0 Å². The maximum Gasteiger partial charge on any atom is 0.240 e. The second kappa shape index (κ2) is 10.4. The van der Waals surface area contributed by atoms with Gasteiger partial charge in [-0.3, -0.25) is 4.68 Å². The number of rotatable bonds is 8. The highest BCUT2D eigenvalue weighted by molar-refractivity contribution is 7.89. The molecule has 1 saturated heterocycles. The van der Waals surface area contributed by atoms with Gasteiger partial charge >= 0.3 is 0 Å². The lowest BCUT2D eigenvalue weighted by Crippen LogP contribution is -2.50. The van der Waals surface area contributed by atoms with Crippen LogP contribution < -0.4 is 4.72 Å². The smallest absolute Gasteiger partial charge is 0.240 e. The summed E-state index contributed by atoms with van der Waals surface area (Å²) in [7, 11) is -3.66. The molecule has 8 nitrogen and oxygen atoms in total. The van der Waals surface area contributed by atoms with Crippen LogP contribution in [0, 0.1) is 6.92 Å². The minimum absolute atomic E-state index is 0.0467. The molecule has 2 fully saturated rings. The summed E-state index contributed by atoms with van der Waals surface area (Å²) in [6, 6.07) is 6.28. The summed E-state index contributed by atoms with van der Waals surface area (Å²) in [5.41, 5.74) is 2.09. The molecule has 2 N–H and O–H groups in total. The second-order valence-corrected chi connectivity index (χ2v) is 10.8. The molecule has 3 atom stereocenters. The number of aliphatic hydroxyl groups excluding tert-OH is 1. The molecule has 0 unspecified atom stereocenters. The lowest BCUT2D eigenvalue weighted by molar-refractivity contribution is -0.0891. The maximum absolute atomic E-state index is 12.7. The van der Waals surface area contributed by atoms with Crippen LogP contribution in [0.2, 0.25) is 0 Å². The quantitative estimate of drug-likeness (QED) is 0.625. The average Bonchev–Trinajstić information content (AvgIpc) is 3.28. The fourth-order valence-corrected chi connectivity index (χ4v) is 6.05. The highest BCUT2D eigenvalue weighted by Crippen LogP contribution is 2.31. The molecular formula is C23H34N4O4S. The van der Waals surface area contributed by atoms with Crippen LogP contribution in [0.5, 0.6) is 0 Å². The van der Waals surface area contributed by atoms with Crippen molar-refractivity contribution in [3.63, 3.8) is 0 Å². The van der Waals surface area contributed by atoms with E-state index in [9.17, 15) is 13.5 Å². The maximum atomic E-state index is 12.7. The first-order valence-electron chi connectivity index (χ1n) is 11.7. The van der Waals surface area contributed by atoms with E-state index in [0.29, 0.717) is 18.9 Å². The van der Waals surface area contributed by atoms with Gasteiger partial charge < -0.3 is 9.84 Å². The molecule has 2 aromatic rings. The number of aryl methyl sites for hydroxylation is 2. The van der Waals surface area contributed by atoms with Crippen LogP contribution in [-0.4, -0.2) is 53.4 Å². The first kappa shape index (κ1) is 23.4. The number of ether oxygens (including phenoxy) is 1. The molecule has 0 radical (unpaired) electrons. The number of aliphatic hydroxyl groups is 1. The minimum atomic E-state index is -3.66. The van der Waals surface area contributed by atoms with Crippen molar-refractivity contribution in [3.8, 4) is 0 Å². The van der Waals surface area contributed by atoms with Crippen LogP contribution in [0.25, 0.3) is 0 Å². The standard InChI is InChI=1S/C23H34N4O4S/c1-17-7-10-20(11-8-17)32(29,30)25-21-12-9-19(31-23(21)16-28)13-14-27-15-22(24-26-27)18-5-3-2-4-6-18/h7-8,10-11,15,18-19,21,23,25,28H,2-6,9,12-14,16H2,1H3/t19-,21-,23+/m0/s1. The molecular weight excluding hydrogens is 428 g/mol. The third-order valence-electron chi connectivity index (χ3n) is 6.69. The van der Waals surface area contributed by atoms with Gasteiger partial charge in [0.25, 0.3) is 0 Å². The second-order valence-electron chi connectivity index (χ2n) is 9.13. The number of nitrogens with one attached hydrogen (secondary N) is 1. The average molecular weight is 463 g/mol. The van der Waals surface area contributed by atoms with Crippen molar-refractivity contribution in [1.82, 2.24) is 19.7 Å². The van der Waals surface area contributed by atoms with Crippen molar-refractivity contribution in [1.29, 1.82) is 0 Å². The Kier molecular flexibility index (Phi) is 7.60. The van der Waals surface area contributed by atoms with Crippen LogP contribution in [0.3, 0.4) is 0 Å². The Morgan fingerprint density at radius 3 is 2.59 bits per heavy atom. The lowest BCUT2D eigenvalue weighted by Gasteiger charge is -2.36. The number of hydrogen-bond acceptors (Lipinski definition) is 6. The van der Waals surface area contributed by atoms with E-state index < -0.39 is 22.2 Å². The van der Waals surface area contributed by atoms with Crippen LogP contribution >= 0.6 is 0 Å². The zero-order valence-corrected chi connectivity index (χ0v) is 19.5. The first-order chi connectivity index (χ1) is 15.4. The topological polar surface area (TPSA) is 106 Å². The molecule has 1 aromatic carbocycles. The molecule has 32 heavy (non-hydrogen) atoms. The van der Waals surface area contributed by atoms with Crippen LogP contribution in [0.1, 0.15) is 68.5 Å². The summed E-state index contributed by atoms with van der Waals surface area (Å²) in [6.07, 6.45) is 9.78. The van der Waals surface area contributed by atoms with Gasteiger partial charge in [-0.1, -0.05) is 42.2 Å². The largest absolute Gasteiger partial charge is 0.394 e. The van der Waals surface area contributed by atoms with Crippen molar-refractivity contribution in [2.75, 3.05) is 6.61 Å². The zero-order chi connectivity index (χ0) is 22.6. The number of sulfonamides is 1. The van der Waals surface area contributed by atoms with Crippen molar-refractivity contribution in [2.45, 2.75) is 93.9 Å². The molecule has 0 bridgehead atoms. The van der Waals surface area contributed by atoms with E-state index in [-0.39, 0.29) is 17.6 Å². The van der Waals surface area contributed by atoms with Gasteiger partial charge in [-0.2, -0.15) is 0 Å². The third kappa shape index (κ3) is 5.75. The summed E-state index contributed by atoms with van der Waals surface area (Å²) in [5, 5.41) is 18.5. The zero-order valence-electron chi connectivity index (χ0n) is 18.7. The summed E-state index contributed by atoms with van der Waals surface area (Å²) >= 11 is 0. The van der Waals surface area contributed by atoms with Gasteiger partial charge in [0.05, 0.1) is 35.4 Å². The van der Waals surface area contributed by atoms with Gasteiger partial charge in [0.15, 0.2) is 0 Å². The molecule has 0 amide bonds. The van der Waals surface area contributed by atoms with Crippen molar-refractivity contribution >= 4 is 10.0 Å². The summed E-state index contributed by atoms with van der Waals surface area (Å²) < 4.78 is 36.1. The van der Waals surface area contributed by atoms with E-state index in [1.807, 2.05) is 11.6 Å². The van der Waals surface area contributed by atoms with Gasteiger partial charge in [0.1, 0.15) is 0 Å². The lowest BCUT2D eigenvalue weighted by atomic mass is 9.87. The molecule has 176 valence electrons. The van der Waals surface area contributed by atoms with E-state index in [1.54, 1.807) is 24.3 Å². The summed E-state index contributed by atoms with van der Waals surface area (Å²) in [4.78, 5) is 0.224. The minimum Gasteiger partial charge on any atom is -0.394 e. The molecule has 2 aliphatic rings. The number of aromatic nitrogens is 3. The molecule has 1 aliphatic carbocycles. The number of benzene rings is 1. The Morgan fingerprint density at radius 1 is 1.12 bits per heavy atom. The summed E-state index contributed by atoms with van der Waals surface area (Å²) in [5.74, 6) is 0.532. The Labute approximate surface area is 190 Å². The van der Waals surface area contributed by atoms with Gasteiger partial charge in [-0.15, -0.1) is 5.10 Å². The molecule has 4 rings (SSSR count). The number of nitrogens with zero attached hydrogens (tertiary/aromatic N) is 3. The third-order valence-corrected chi connectivity index (χ3v) is 8.20. The Bertz CT molecular complexity index is 970. The van der Waals surface area contributed by atoms with Gasteiger partial charge in [-0.25, -0.2) is 13.1 Å². The van der Waals surface area contributed by atoms with Crippen molar-refractivity contribution in [3.05, 3.63) is 41.7 Å². The Hall–Kier alpha value is -1.81. The highest BCUT2D eigenvalue weighted by atomic mass is 32.2. The summed E-state index contributed by atoms with van der Waals surface area (Å²) in [6.45, 7) is 2.38. The fraction of sp³-hybridized carbons (Fsp3) is 0.652. The Balaban J connectivity index is 1.30. The van der Waals surface area contributed by atoms with Gasteiger partial charge in [0.2, 0.25) is 10.0 Å². The van der Waals surface area contributed by atoms with Gasteiger partial charge in [0, 0.05) is 18.7 Å². The molecule has 9 heteroatoms. The predicted octanol–water partition coefficient (Wildman–Crippen LogP) is 2.91. The van der Waals surface area contributed by atoms with Crippen molar-refractivity contribution < 1.29 is 18.3 Å². The fourth-order valence-electron chi connectivity index (χ4n) is 4.75. The molecule has 2 heterocycles. The Morgan fingerprint density at radius 2 is 1.88 bits per heavy atom.